The number of rotatable bonds is 5. The molecule has 0 saturated carbocycles. The van der Waals surface area contributed by atoms with Crippen LogP contribution in [-0.4, -0.2) is 59.0 Å². The average Bonchev–Trinajstić information content (AvgIpc) is 3.20. The van der Waals surface area contributed by atoms with Crippen LogP contribution in [0.15, 0.2) is 11.4 Å². The van der Waals surface area contributed by atoms with Crippen molar-refractivity contribution in [2.24, 2.45) is 0 Å². The molecule has 1 unspecified atom stereocenters. The number of amides is 1. The van der Waals surface area contributed by atoms with Gasteiger partial charge in [0.25, 0.3) is 0 Å². The summed E-state index contributed by atoms with van der Waals surface area (Å²) >= 11 is 3.21. The maximum Gasteiger partial charge on any atom is 0.233 e. The average molecular weight is 426 g/mol. The summed E-state index contributed by atoms with van der Waals surface area (Å²) in [5, 5.41) is 2.00. The summed E-state index contributed by atoms with van der Waals surface area (Å²) in [5.74, 6) is 0.538. The Hall–Kier alpha value is -1.19. The Morgan fingerprint density at radius 1 is 1.33 bits per heavy atom. The molecule has 1 amide bonds. The van der Waals surface area contributed by atoms with Crippen molar-refractivity contribution in [1.29, 1.82) is 0 Å². The van der Waals surface area contributed by atoms with E-state index < -0.39 is 9.84 Å². The van der Waals surface area contributed by atoms with Crippen molar-refractivity contribution in [2.45, 2.75) is 50.1 Å². The van der Waals surface area contributed by atoms with Gasteiger partial charge in [0.1, 0.15) is 16.2 Å². The Balaban J connectivity index is 1.51. The van der Waals surface area contributed by atoms with Gasteiger partial charge in [-0.05, 0) is 44.6 Å². The van der Waals surface area contributed by atoms with Crippen LogP contribution in [0.25, 0.3) is 10.2 Å². The minimum absolute atomic E-state index is 0.0135. The molecule has 3 heterocycles. The van der Waals surface area contributed by atoms with Gasteiger partial charge in [0.2, 0.25) is 5.91 Å². The Bertz CT molecular complexity index is 971. The number of hydrogen-bond acceptors (Lipinski definition) is 7. The van der Waals surface area contributed by atoms with Gasteiger partial charge in [-0.1, -0.05) is 11.8 Å². The SMILES string of the molecule is CCN(C(=O)CSc1ncnc2sc3c(c12)CCCC3)C1CCS(=O)(=O)C1. The monoisotopic (exact) mass is 425 g/mol. The van der Waals surface area contributed by atoms with Crippen LogP contribution >= 0.6 is 23.1 Å². The van der Waals surface area contributed by atoms with E-state index in [4.69, 9.17) is 0 Å². The molecule has 4 rings (SSSR count). The van der Waals surface area contributed by atoms with Crippen molar-refractivity contribution in [3.05, 3.63) is 16.8 Å². The minimum Gasteiger partial charge on any atom is -0.338 e. The van der Waals surface area contributed by atoms with Gasteiger partial charge >= 0.3 is 0 Å². The fourth-order valence-corrected chi connectivity index (χ4v) is 7.98. The van der Waals surface area contributed by atoms with Gasteiger partial charge in [0.05, 0.1) is 17.3 Å². The summed E-state index contributed by atoms with van der Waals surface area (Å²) in [5.41, 5.74) is 1.37. The van der Waals surface area contributed by atoms with E-state index in [0.29, 0.717) is 13.0 Å². The lowest BCUT2D eigenvalue weighted by atomic mass is 9.97. The summed E-state index contributed by atoms with van der Waals surface area (Å²) in [6.45, 7) is 2.44. The molecule has 1 aliphatic carbocycles. The van der Waals surface area contributed by atoms with Crippen LogP contribution in [0.2, 0.25) is 0 Å². The third-order valence-electron chi connectivity index (χ3n) is 5.36. The number of fused-ring (bicyclic) bond motifs is 3. The first-order valence-corrected chi connectivity index (χ1v) is 13.0. The van der Waals surface area contributed by atoms with E-state index in [1.807, 2.05) is 6.92 Å². The second-order valence-corrected chi connectivity index (χ2v) is 11.4. The molecule has 6 nitrogen and oxygen atoms in total. The summed E-state index contributed by atoms with van der Waals surface area (Å²) in [6, 6.07) is -0.188. The van der Waals surface area contributed by atoms with Crippen molar-refractivity contribution in [3.63, 3.8) is 0 Å². The van der Waals surface area contributed by atoms with Crippen LogP contribution in [0.5, 0.6) is 0 Å². The zero-order chi connectivity index (χ0) is 19.0. The van der Waals surface area contributed by atoms with E-state index in [1.54, 1.807) is 22.6 Å². The highest BCUT2D eigenvalue weighted by Crippen LogP contribution is 2.39. The molecule has 1 fully saturated rings. The fourth-order valence-electron chi connectivity index (χ4n) is 4.04. The largest absolute Gasteiger partial charge is 0.338 e. The summed E-state index contributed by atoms with van der Waals surface area (Å²) in [7, 11) is -3.00. The molecule has 2 aromatic heterocycles. The zero-order valence-corrected chi connectivity index (χ0v) is 17.8. The highest BCUT2D eigenvalue weighted by Gasteiger charge is 2.34. The normalized spacial score (nSPS) is 21.3. The molecule has 0 spiro atoms. The van der Waals surface area contributed by atoms with E-state index in [-0.39, 0.29) is 29.2 Å². The maximum absolute atomic E-state index is 12.8. The Morgan fingerprint density at radius 2 is 2.15 bits per heavy atom. The van der Waals surface area contributed by atoms with Crippen LogP contribution in [-0.2, 0) is 27.5 Å². The van der Waals surface area contributed by atoms with E-state index >= 15 is 0 Å². The Kier molecular flexibility index (Phi) is 5.44. The van der Waals surface area contributed by atoms with Crippen molar-refractivity contribution in [1.82, 2.24) is 14.9 Å². The second kappa shape index (κ2) is 7.67. The summed E-state index contributed by atoms with van der Waals surface area (Å²) < 4.78 is 23.5. The van der Waals surface area contributed by atoms with Gasteiger partial charge in [-0.3, -0.25) is 4.79 Å². The van der Waals surface area contributed by atoms with Crippen molar-refractivity contribution >= 4 is 49.1 Å². The smallest absolute Gasteiger partial charge is 0.233 e. The molecule has 0 N–H and O–H groups in total. The van der Waals surface area contributed by atoms with E-state index in [1.165, 1.54) is 35.0 Å². The lowest BCUT2D eigenvalue weighted by Gasteiger charge is -2.26. The van der Waals surface area contributed by atoms with Crippen molar-refractivity contribution in [3.8, 4) is 0 Å². The molecule has 2 aromatic rings. The number of aryl methyl sites for hydroxylation is 2. The van der Waals surface area contributed by atoms with Gasteiger partial charge in [-0.15, -0.1) is 11.3 Å². The molecule has 1 saturated heterocycles. The van der Waals surface area contributed by atoms with Gasteiger partial charge < -0.3 is 4.90 Å². The second-order valence-electron chi connectivity index (χ2n) is 7.10. The Morgan fingerprint density at radius 3 is 2.89 bits per heavy atom. The summed E-state index contributed by atoms with van der Waals surface area (Å²) in [4.78, 5) is 25.8. The van der Waals surface area contributed by atoms with E-state index in [2.05, 4.69) is 9.97 Å². The first-order chi connectivity index (χ1) is 13.0. The molecule has 0 radical (unpaired) electrons. The first kappa shape index (κ1) is 19.1. The number of sulfone groups is 1. The molecule has 1 aliphatic heterocycles. The molecular formula is C18H23N3O3S3. The number of hydrogen-bond donors (Lipinski definition) is 0. The molecule has 0 aromatic carbocycles. The molecule has 1 atom stereocenters. The van der Waals surface area contributed by atoms with Gasteiger partial charge in [0, 0.05) is 22.8 Å². The number of thiophene rings is 1. The zero-order valence-electron chi connectivity index (χ0n) is 15.3. The standard InChI is InChI=1S/C18H23N3O3S3/c1-2-21(12-7-8-27(23,24)10-12)15(22)9-25-17-16-13-5-3-4-6-14(13)26-18(16)20-11-19-17/h11-12H,2-10H2,1H3. The van der Waals surface area contributed by atoms with Crippen molar-refractivity contribution < 1.29 is 13.2 Å². The van der Waals surface area contributed by atoms with Crippen LogP contribution in [0.3, 0.4) is 0 Å². The third kappa shape index (κ3) is 3.86. The maximum atomic E-state index is 12.8. The van der Waals surface area contributed by atoms with Gasteiger partial charge in [-0.25, -0.2) is 18.4 Å². The Labute approximate surface area is 167 Å². The lowest BCUT2D eigenvalue weighted by molar-refractivity contribution is -0.129. The predicted molar refractivity (Wildman–Crippen MR) is 109 cm³/mol. The number of thioether (sulfide) groups is 1. The number of nitrogens with zero attached hydrogens (tertiary/aromatic N) is 3. The number of carbonyl (C=O) groups excluding carboxylic acids is 1. The topological polar surface area (TPSA) is 80.2 Å². The van der Waals surface area contributed by atoms with Gasteiger partial charge in [0.15, 0.2) is 9.84 Å². The van der Waals surface area contributed by atoms with Crippen molar-refractivity contribution in [2.75, 3.05) is 23.8 Å². The number of aromatic nitrogens is 2. The highest BCUT2D eigenvalue weighted by molar-refractivity contribution is 8.00. The van der Waals surface area contributed by atoms with Crippen LogP contribution in [0.4, 0.5) is 0 Å². The molecular weight excluding hydrogens is 402 g/mol. The fraction of sp³-hybridized carbons (Fsp3) is 0.611. The van der Waals surface area contributed by atoms with Crippen LogP contribution in [0, 0.1) is 0 Å². The lowest BCUT2D eigenvalue weighted by Crippen LogP contribution is -2.41. The highest BCUT2D eigenvalue weighted by atomic mass is 32.2. The van der Waals surface area contributed by atoms with Gasteiger partial charge in [-0.2, -0.15) is 0 Å². The quantitative estimate of drug-likeness (QED) is 0.541. The number of carbonyl (C=O) groups is 1. The molecule has 2 aliphatic rings. The van der Waals surface area contributed by atoms with Crippen LogP contribution < -0.4 is 0 Å². The van der Waals surface area contributed by atoms with E-state index in [0.717, 1.165) is 28.1 Å². The van der Waals surface area contributed by atoms with Crippen LogP contribution in [0.1, 0.15) is 36.6 Å². The molecule has 27 heavy (non-hydrogen) atoms. The predicted octanol–water partition coefficient (Wildman–Crippen LogP) is 2.70. The summed E-state index contributed by atoms with van der Waals surface area (Å²) in [6.07, 6.45) is 6.71. The molecule has 9 heteroatoms. The third-order valence-corrected chi connectivity index (χ3v) is 9.28. The molecule has 0 bridgehead atoms. The van der Waals surface area contributed by atoms with E-state index in [9.17, 15) is 13.2 Å². The minimum atomic E-state index is -3.00. The molecule has 146 valence electrons. The first-order valence-electron chi connectivity index (χ1n) is 9.36.